The number of benzene rings is 1. The highest BCUT2D eigenvalue weighted by atomic mass is 35.5. The Hall–Kier alpha value is -2.00. The van der Waals surface area contributed by atoms with Gasteiger partial charge in [0.05, 0.1) is 11.1 Å². The number of ketones is 1. The van der Waals surface area contributed by atoms with Crippen molar-refractivity contribution >= 4 is 23.1 Å². The minimum atomic E-state index is -0.486. The van der Waals surface area contributed by atoms with E-state index in [1.165, 1.54) is 0 Å². The van der Waals surface area contributed by atoms with Crippen LogP contribution in [0.1, 0.15) is 43.2 Å². The van der Waals surface area contributed by atoms with Crippen molar-refractivity contribution in [2.75, 3.05) is 0 Å². The largest absolute Gasteiger partial charge is 0.302 e. The fourth-order valence-electron chi connectivity index (χ4n) is 3.04. The summed E-state index contributed by atoms with van der Waals surface area (Å²) in [6, 6.07) is 11.3. The van der Waals surface area contributed by atoms with Gasteiger partial charge in [-0.15, -0.1) is 0 Å². The van der Waals surface area contributed by atoms with Crippen molar-refractivity contribution < 1.29 is 4.79 Å². The lowest BCUT2D eigenvalue weighted by molar-refractivity contribution is -0.115. The molecular weight excluding hydrogens is 308 g/mol. The van der Waals surface area contributed by atoms with E-state index in [0.29, 0.717) is 11.4 Å². The predicted molar refractivity (Wildman–Crippen MR) is 92.4 cm³/mol. The summed E-state index contributed by atoms with van der Waals surface area (Å²) < 4.78 is 0. The molecular formula is C19H19ClN2O. The standard InChI is InChI=1S/C19H19ClN2O/c1-13(14-6-10-22-11-7-14)12-17(21)18(23)19(8-9-19)15-2-4-16(20)5-3-15/h2-7,10-11,13,21H,8-9,12H2,1H3. The first-order chi connectivity index (χ1) is 11.0. The van der Waals surface area contributed by atoms with Gasteiger partial charge < -0.3 is 5.41 Å². The molecule has 0 aliphatic heterocycles. The zero-order valence-corrected chi connectivity index (χ0v) is 13.8. The van der Waals surface area contributed by atoms with Crippen molar-refractivity contribution in [2.45, 2.75) is 37.5 Å². The van der Waals surface area contributed by atoms with Crippen LogP contribution in [0, 0.1) is 5.41 Å². The van der Waals surface area contributed by atoms with E-state index in [1.807, 2.05) is 43.3 Å². The summed E-state index contributed by atoms with van der Waals surface area (Å²) in [7, 11) is 0. The van der Waals surface area contributed by atoms with Gasteiger partial charge in [-0.05, 0) is 60.6 Å². The Balaban J connectivity index is 1.72. The van der Waals surface area contributed by atoms with Gasteiger partial charge >= 0.3 is 0 Å². The minimum absolute atomic E-state index is 0.0410. The van der Waals surface area contributed by atoms with Crippen molar-refractivity contribution in [3.05, 3.63) is 64.9 Å². The van der Waals surface area contributed by atoms with E-state index in [1.54, 1.807) is 12.4 Å². The fraction of sp³-hybridized carbons (Fsp3) is 0.316. The van der Waals surface area contributed by atoms with E-state index in [4.69, 9.17) is 17.0 Å². The van der Waals surface area contributed by atoms with E-state index < -0.39 is 5.41 Å². The van der Waals surface area contributed by atoms with E-state index in [0.717, 1.165) is 24.0 Å². The Morgan fingerprint density at radius 2 is 1.83 bits per heavy atom. The fourth-order valence-corrected chi connectivity index (χ4v) is 3.16. The number of nitrogens with zero attached hydrogens (tertiary/aromatic N) is 1. The molecule has 1 atom stereocenters. The Kier molecular flexibility index (Phi) is 4.31. The number of carbonyl (C=O) groups is 1. The molecule has 4 heteroatoms. The SMILES string of the molecule is CC(CC(=N)C(=O)C1(c2ccc(Cl)cc2)CC1)c1ccncc1. The average molecular weight is 327 g/mol. The smallest absolute Gasteiger partial charge is 0.186 e. The number of nitrogens with one attached hydrogen (secondary N) is 1. The lowest BCUT2D eigenvalue weighted by Crippen LogP contribution is -2.29. The van der Waals surface area contributed by atoms with Crippen molar-refractivity contribution in [3.8, 4) is 0 Å². The number of pyridine rings is 1. The molecule has 1 saturated carbocycles. The topological polar surface area (TPSA) is 53.8 Å². The minimum Gasteiger partial charge on any atom is -0.302 e. The molecule has 0 amide bonds. The molecule has 23 heavy (non-hydrogen) atoms. The summed E-state index contributed by atoms with van der Waals surface area (Å²) in [6.45, 7) is 2.04. The first kappa shape index (κ1) is 15.9. The zero-order chi connectivity index (χ0) is 16.4. The molecule has 0 spiro atoms. The number of hydrogen-bond acceptors (Lipinski definition) is 3. The summed E-state index contributed by atoms with van der Waals surface area (Å²) in [4.78, 5) is 16.8. The Labute approximate surface area is 141 Å². The van der Waals surface area contributed by atoms with Gasteiger partial charge in [0.2, 0.25) is 0 Å². The molecule has 2 aromatic rings. The van der Waals surface area contributed by atoms with E-state index >= 15 is 0 Å². The van der Waals surface area contributed by atoms with Crippen LogP contribution >= 0.6 is 11.6 Å². The van der Waals surface area contributed by atoms with Crippen molar-refractivity contribution in [1.29, 1.82) is 5.41 Å². The second-order valence-corrected chi connectivity index (χ2v) is 6.72. The third kappa shape index (κ3) is 3.20. The van der Waals surface area contributed by atoms with Crippen LogP contribution in [0.5, 0.6) is 0 Å². The third-order valence-electron chi connectivity index (χ3n) is 4.64. The second-order valence-electron chi connectivity index (χ2n) is 6.28. The zero-order valence-electron chi connectivity index (χ0n) is 13.1. The normalized spacial score (nSPS) is 16.6. The maximum atomic E-state index is 12.8. The molecule has 1 fully saturated rings. The first-order valence-electron chi connectivity index (χ1n) is 7.81. The maximum Gasteiger partial charge on any atom is 0.186 e. The summed E-state index contributed by atoms with van der Waals surface area (Å²) in [5.41, 5.74) is 1.81. The van der Waals surface area contributed by atoms with Gasteiger partial charge in [0.1, 0.15) is 0 Å². The van der Waals surface area contributed by atoms with Crippen LogP contribution in [-0.4, -0.2) is 16.5 Å². The van der Waals surface area contributed by atoms with Gasteiger partial charge in [-0.3, -0.25) is 9.78 Å². The molecule has 1 heterocycles. The molecule has 118 valence electrons. The van der Waals surface area contributed by atoms with E-state index in [9.17, 15) is 4.79 Å². The molecule has 3 rings (SSSR count). The summed E-state index contributed by atoms with van der Waals surface area (Å²) in [5.74, 6) is 0.0937. The summed E-state index contributed by atoms with van der Waals surface area (Å²) in [6.07, 6.45) is 5.58. The Bertz CT molecular complexity index is 721. The molecule has 1 aliphatic carbocycles. The molecule has 1 N–H and O–H groups in total. The van der Waals surface area contributed by atoms with Gasteiger partial charge in [0.25, 0.3) is 0 Å². The number of Topliss-reactive ketones (excluding diaryl/α,β-unsaturated/α-hetero) is 1. The van der Waals surface area contributed by atoms with Gasteiger partial charge in [-0.2, -0.15) is 0 Å². The summed E-state index contributed by atoms with van der Waals surface area (Å²) >= 11 is 5.93. The Morgan fingerprint density at radius 3 is 2.39 bits per heavy atom. The number of rotatable bonds is 6. The molecule has 1 unspecified atom stereocenters. The number of hydrogen-bond donors (Lipinski definition) is 1. The first-order valence-corrected chi connectivity index (χ1v) is 8.19. The third-order valence-corrected chi connectivity index (χ3v) is 4.89. The van der Waals surface area contributed by atoms with Gasteiger partial charge in [-0.25, -0.2) is 0 Å². The highest BCUT2D eigenvalue weighted by Crippen LogP contribution is 2.49. The summed E-state index contributed by atoms with van der Waals surface area (Å²) in [5, 5.41) is 8.94. The maximum absolute atomic E-state index is 12.8. The average Bonchev–Trinajstić information content (AvgIpc) is 3.37. The molecule has 0 saturated heterocycles. The predicted octanol–water partition coefficient (Wildman–Crippen LogP) is 4.55. The number of halogens is 1. The van der Waals surface area contributed by atoms with Gasteiger partial charge in [-0.1, -0.05) is 30.7 Å². The molecule has 0 radical (unpaired) electrons. The van der Waals surface area contributed by atoms with Crippen LogP contribution in [0.25, 0.3) is 0 Å². The van der Waals surface area contributed by atoms with E-state index in [-0.39, 0.29) is 17.4 Å². The van der Waals surface area contributed by atoms with Crippen LogP contribution in [0.15, 0.2) is 48.8 Å². The Morgan fingerprint density at radius 1 is 1.22 bits per heavy atom. The molecule has 3 nitrogen and oxygen atoms in total. The van der Waals surface area contributed by atoms with Crippen LogP contribution in [0.2, 0.25) is 5.02 Å². The van der Waals surface area contributed by atoms with Crippen LogP contribution in [-0.2, 0) is 10.2 Å². The highest BCUT2D eigenvalue weighted by molar-refractivity contribution is 6.42. The van der Waals surface area contributed by atoms with E-state index in [2.05, 4.69) is 4.98 Å². The van der Waals surface area contributed by atoms with Gasteiger partial charge in [0.15, 0.2) is 5.78 Å². The lowest BCUT2D eigenvalue weighted by atomic mass is 9.85. The number of carbonyl (C=O) groups excluding carboxylic acids is 1. The van der Waals surface area contributed by atoms with Crippen LogP contribution in [0.4, 0.5) is 0 Å². The van der Waals surface area contributed by atoms with Crippen molar-refractivity contribution in [3.63, 3.8) is 0 Å². The second kappa shape index (κ2) is 6.25. The molecule has 1 aliphatic rings. The molecule has 1 aromatic carbocycles. The quantitative estimate of drug-likeness (QED) is 0.792. The monoisotopic (exact) mass is 326 g/mol. The molecule has 0 bridgehead atoms. The lowest BCUT2D eigenvalue weighted by Gasteiger charge is -2.17. The van der Waals surface area contributed by atoms with Crippen molar-refractivity contribution in [2.24, 2.45) is 0 Å². The molecule has 1 aromatic heterocycles. The van der Waals surface area contributed by atoms with Crippen molar-refractivity contribution in [1.82, 2.24) is 4.98 Å². The number of aromatic nitrogens is 1. The van der Waals surface area contributed by atoms with Gasteiger partial charge in [0, 0.05) is 17.4 Å². The highest BCUT2D eigenvalue weighted by Gasteiger charge is 2.52. The van der Waals surface area contributed by atoms with Crippen LogP contribution in [0.3, 0.4) is 0 Å². The van der Waals surface area contributed by atoms with Crippen LogP contribution < -0.4 is 0 Å².